The molecule has 0 radical (unpaired) electrons. The van der Waals surface area contributed by atoms with Gasteiger partial charge in [0.25, 0.3) is 0 Å². The number of nitrogens with zero attached hydrogens (tertiary/aromatic N) is 1. The molecule has 7 heteroatoms. The number of hydrogen-bond acceptors (Lipinski definition) is 5. The first-order valence-electron chi connectivity index (χ1n) is 8.02. The van der Waals surface area contributed by atoms with E-state index in [0.29, 0.717) is 5.76 Å². The SMILES string of the molecule is CN1CCCc2ccc(S(=O)(=O)NC(CCO)c3ccco3)cc21. The highest BCUT2D eigenvalue weighted by Gasteiger charge is 2.25. The van der Waals surface area contributed by atoms with Gasteiger partial charge in [-0.2, -0.15) is 0 Å². The lowest BCUT2D eigenvalue weighted by Crippen LogP contribution is -2.30. The van der Waals surface area contributed by atoms with Crippen LogP contribution in [-0.4, -0.2) is 33.7 Å². The summed E-state index contributed by atoms with van der Waals surface area (Å²) >= 11 is 0. The molecular weight excluding hydrogens is 328 g/mol. The normalized spacial score (nSPS) is 16.0. The number of aliphatic hydroxyl groups is 1. The van der Waals surface area contributed by atoms with E-state index in [2.05, 4.69) is 9.62 Å². The molecule has 0 amide bonds. The minimum atomic E-state index is -3.71. The molecule has 0 aliphatic carbocycles. The number of anilines is 1. The van der Waals surface area contributed by atoms with Crippen LogP contribution in [0.5, 0.6) is 0 Å². The summed E-state index contributed by atoms with van der Waals surface area (Å²) in [6.45, 7) is 0.782. The van der Waals surface area contributed by atoms with Crippen molar-refractivity contribution in [3.63, 3.8) is 0 Å². The number of benzene rings is 1. The number of fused-ring (bicyclic) bond motifs is 1. The Bertz CT molecular complexity index is 787. The molecule has 2 heterocycles. The predicted molar refractivity (Wildman–Crippen MR) is 91.5 cm³/mol. The van der Waals surface area contributed by atoms with E-state index in [-0.39, 0.29) is 17.9 Å². The van der Waals surface area contributed by atoms with E-state index in [9.17, 15) is 13.5 Å². The van der Waals surface area contributed by atoms with Crippen LogP contribution in [0.4, 0.5) is 5.69 Å². The Labute approximate surface area is 142 Å². The highest BCUT2D eigenvalue weighted by Crippen LogP contribution is 2.29. The van der Waals surface area contributed by atoms with Gasteiger partial charge in [0.05, 0.1) is 17.2 Å². The van der Waals surface area contributed by atoms with E-state index < -0.39 is 16.1 Å². The average molecular weight is 350 g/mol. The van der Waals surface area contributed by atoms with E-state index in [0.717, 1.165) is 25.1 Å². The van der Waals surface area contributed by atoms with Crippen LogP contribution in [-0.2, 0) is 16.4 Å². The van der Waals surface area contributed by atoms with Crippen LogP contribution in [0.1, 0.15) is 30.2 Å². The fourth-order valence-electron chi connectivity index (χ4n) is 3.04. The Hall–Kier alpha value is -1.83. The topological polar surface area (TPSA) is 82.8 Å². The molecule has 0 saturated heterocycles. The molecule has 0 fully saturated rings. The van der Waals surface area contributed by atoms with Gasteiger partial charge in [0.15, 0.2) is 0 Å². The van der Waals surface area contributed by atoms with Gasteiger partial charge in [-0.3, -0.25) is 0 Å². The van der Waals surface area contributed by atoms with Gasteiger partial charge in [-0.15, -0.1) is 0 Å². The molecule has 24 heavy (non-hydrogen) atoms. The summed E-state index contributed by atoms with van der Waals surface area (Å²) in [6.07, 6.45) is 3.78. The van der Waals surface area contributed by atoms with Gasteiger partial charge >= 0.3 is 0 Å². The zero-order valence-corrected chi connectivity index (χ0v) is 14.4. The minimum Gasteiger partial charge on any atom is -0.468 e. The van der Waals surface area contributed by atoms with Crippen molar-refractivity contribution in [1.29, 1.82) is 0 Å². The number of rotatable bonds is 6. The highest BCUT2D eigenvalue weighted by atomic mass is 32.2. The minimum absolute atomic E-state index is 0.138. The maximum atomic E-state index is 12.8. The summed E-state index contributed by atoms with van der Waals surface area (Å²) in [5.41, 5.74) is 2.13. The average Bonchev–Trinajstić information content (AvgIpc) is 3.09. The fraction of sp³-hybridized carbons (Fsp3) is 0.412. The number of aliphatic hydroxyl groups excluding tert-OH is 1. The van der Waals surface area contributed by atoms with Crippen LogP contribution in [0, 0.1) is 0 Å². The summed E-state index contributed by atoms with van der Waals surface area (Å²) in [5.74, 6) is 0.489. The quantitative estimate of drug-likeness (QED) is 0.833. The molecule has 130 valence electrons. The van der Waals surface area contributed by atoms with Crippen LogP contribution >= 0.6 is 0 Å². The maximum Gasteiger partial charge on any atom is 0.241 e. The van der Waals surface area contributed by atoms with Crippen molar-refractivity contribution < 1.29 is 17.9 Å². The summed E-state index contributed by atoms with van der Waals surface area (Å²) in [7, 11) is -1.74. The van der Waals surface area contributed by atoms with Gasteiger partial charge in [-0.25, -0.2) is 13.1 Å². The first kappa shape index (κ1) is 17.0. The van der Waals surface area contributed by atoms with Crippen LogP contribution in [0.3, 0.4) is 0 Å². The molecule has 1 unspecified atom stereocenters. The summed E-state index contributed by atoms with van der Waals surface area (Å²) in [6, 6.07) is 8.04. The second-order valence-corrected chi connectivity index (χ2v) is 7.73. The number of furan rings is 1. The van der Waals surface area contributed by atoms with Crippen LogP contribution in [0.15, 0.2) is 45.9 Å². The molecule has 2 aromatic rings. The van der Waals surface area contributed by atoms with Crippen molar-refractivity contribution in [3.05, 3.63) is 47.9 Å². The summed E-state index contributed by atoms with van der Waals surface area (Å²) < 4.78 is 33.4. The first-order chi connectivity index (χ1) is 11.5. The van der Waals surface area contributed by atoms with E-state index in [1.807, 2.05) is 13.1 Å². The molecule has 6 nitrogen and oxygen atoms in total. The Morgan fingerprint density at radius 1 is 1.38 bits per heavy atom. The molecule has 3 rings (SSSR count). The Kier molecular flexibility index (Phi) is 4.93. The summed E-state index contributed by atoms with van der Waals surface area (Å²) in [4.78, 5) is 2.31. The lowest BCUT2D eigenvalue weighted by molar-refractivity contribution is 0.263. The lowest BCUT2D eigenvalue weighted by Gasteiger charge is -2.28. The first-order valence-corrected chi connectivity index (χ1v) is 9.50. The van der Waals surface area contributed by atoms with Crippen molar-refractivity contribution in [2.24, 2.45) is 0 Å². The van der Waals surface area contributed by atoms with Gasteiger partial charge in [-0.05, 0) is 49.1 Å². The van der Waals surface area contributed by atoms with Crippen LogP contribution in [0.25, 0.3) is 0 Å². The summed E-state index contributed by atoms with van der Waals surface area (Å²) in [5, 5.41) is 9.21. The third kappa shape index (κ3) is 3.48. The number of sulfonamides is 1. The number of nitrogens with one attached hydrogen (secondary N) is 1. The van der Waals surface area contributed by atoms with E-state index >= 15 is 0 Å². The van der Waals surface area contributed by atoms with Crippen molar-refractivity contribution >= 4 is 15.7 Å². The largest absolute Gasteiger partial charge is 0.468 e. The monoisotopic (exact) mass is 350 g/mol. The zero-order chi connectivity index (χ0) is 17.2. The molecule has 1 aliphatic heterocycles. The standard InChI is InChI=1S/C17H22N2O4S/c1-19-9-2-4-13-6-7-14(12-16(13)19)24(21,22)18-15(8-10-20)17-5-3-11-23-17/h3,5-7,11-12,15,18,20H,2,4,8-10H2,1H3. The smallest absolute Gasteiger partial charge is 0.241 e. The van der Waals surface area contributed by atoms with Gasteiger partial charge < -0.3 is 14.4 Å². The molecule has 0 bridgehead atoms. The van der Waals surface area contributed by atoms with E-state index in [4.69, 9.17) is 4.42 Å². The van der Waals surface area contributed by atoms with Crippen molar-refractivity contribution in [1.82, 2.24) is 4.72 Å². The van der Waals surface area contributed by atoms with Gasteiger partial charge in [0, 0.05) is 25.9 Å². The van der Waals surface area contributed by atoms with E-state index in [1.54, 1.807) is 24.3 Å². The second-order valence-electron chi connectivity index (χ2n) is 6.02. The third-order valence-corrected chi connectivity index (χ3v) is 5.79. The molecular formula is C17H22N2O4S. The molecule has 1 aromatic heterocycles. The van der Waals surface area contributed by atoms with Gasteiger partial charge in [-0.1, -0.05) is 6.07 Å². The van der Waals surface area contributed by atoms with Gasteiger partial charge in [0.2, 0.25) is 10.0 Å². The molecule has 2 N–H and O–H groups in total. The van der Waals surface area contributed by atoms with Crippen LogP contribution in [0.2, 0.25) is 0 Å². The molecule has 1 aliphatic rings. The number of aryl methyl sites for hydroxylation is 1. The molecule has 0 spiro atoms. The zero-order valence-electron chi connectivity index (χ0n) is 13.6. The number of hydrogen-bond donors (Lipinski definition) is 2. The predicted octanol–water partition coefficient (Wildman–Crippen LogP) is 2.06. The van der Waals surface area contributed by atoms with Gasteiger partial charge in [0.1, 0.15) is 5.76 Å². The maximum absolute atomic E-state index is 12.8. The molecule has 0 saturated carbocycles. The third-order valence-electron chi connectivity index (χ3n) is 4.32. The Balaban J connectivity index is 1.88. The Morgan fingerprint density at radius 3 is 2.92 bits per heavy atom. The van der Waals surface area contributed by atoms with Crippen molar-refractivity contribution in [3.8, 4) is 0 Å². The van der Waals surface area contributed by atoms with Crippen LogP contribution < -0.4 is 9.62 Å². The fourth-order valence-corrected chi connectivity index (χ4v) is 4.30. The lowest BCUT2D eigenvalue weighted by atomic mass is 10.0. The molecule has 1 aromatic carbocycles. The second kappa shape index (κ2) is 6.96. The van der Waals surface area contributed by atoms with Crippen molar-refractivity contribution in [2.75, 3.05) is 25.1 Å². The van der Waals surface area contributed by atoms with E-state index in [1.165, 1.54) is 11.8 Å². The molecule has 1 atom stereocenters. The Morgan fingerprint density at radius 2 is 2.21 bits per heavy atom. The highest BCUT2D eigenvalue weighted by molar-refractivity contribution is 7.89. The van der Waals surface area contributed by atoms with Crippen molar-refractivity contribution in [2.45, 2.75) is 30.2 Å².